The fourth-order valence-electron chi connectivity index (χ4n) is 4.90. The summed E-state index contributed by atoms with van der Waals surface area (Å²) in [5.41, 5.74) is -3.64. The molecule has 1 unspecified atom stereocenters. The highest BCUT2D eigenvalue weighted by molar-refractivity contribution is 7.85. The van der Waals surface area contributed by atoms with Crippen LogP contribution in [-0.2, 0) is 32.8 Å². The molecule has 1 saturated heterocycles. The van der Waals surface area contributed by atoms with Crippen molar-refractivity contribution in [2.24, 2.45) is 4.40 Å². The van der Waals surface area contributed by atoms with Crippen molar-refractivity contribution < 1.29 is 49.2 Å². The highest BCUT2D eigenvalue weighted by Crippen LogP contribution is 2.42. The van der Waals surface area contributed by atoms with Crippen LogP contribution in [0.1, 0.15) is 89.7 Å². The minimum atomic E-state index is -5.06. The van der Waals surface area contributed by atoms with E-state index in [4.69, 9.17) is 9.47 Å². The first-order valence-electron chi connectivity index (χ1n) is 14.1. The molecule has 1 fully saturated rings. The van der Waals surface area contributed by atoms with Crippen LogP contribution in [0.3, 0.4) is 0 Å². The molecule has 1 aliphatic rings. The summed E-state index contributed by atoms with van der Waals surface area (Å²) in [5, 5.41) is 0. The lowest BCUT2D eigenvalue weighted by Gasteiger charge is -2.31. The molecule has 1 amide bonds. The number of rotatable bonds is 6. The third kappa shape index (κ3) is 9.27. The minimum Gasteiger partial charge on any atom is -0.444 e. The highest BCUT2D eigenvalue weighted by Gasteiger charge is 2.49. The monoisotopic (exact) mass is 666 g/mol. The molecule has 14 heteroatoms. The summed E-state index contributed by atoms with van der Waals surface area (Å²) in [6, 6.07) is 5.45. The van der Waals surface area contributed by atoms with E-state index in [1.165, 1.54) is 36.1 Å². The van der Waals surface area contributed by atoms with Crippen LogP contribution in [-0.4, -0.2) is 50.0 Å². The molecule has 0 spiro atoms. The number of ether oxygens (including phenoxy) is 2. The molecule has 3 rings (SSSR count). The minimum absolute atomic E-state index is 0.0303. The third-order valence-electron chi connectivity index (χ3n) is 6.97. The Labute approximate surface area is 260 Å². The lowest BCUT2D eigenvalue weighted by Crippen LogP contribution is -2.44. The van der Waals surface area contributed by atoms with E-state index in [0.717, 1.165) is 0 Å². The molecule has 2 aromatic carbocycles. The Morgan fingerprint density at radius 2 is 1.44 bits per heavy atom. The van der Waals surface area contributed by atoms with Crippen LogP contribution in [0.2, 0.25) is 0 Å². The van der Waals surface area contributed by atoms with Crippen molar-refractivity contribution in [1.82, 2.24) is 4.90 Å². The summed E-state index contributed by atoms with van der Waals surface area (Å²) < 4.78 is 124. The molecule has 0 N–H and O–H groups in total. The normalized spacial score (nSPS) is 21.5. The van der Waals surface area contributed by atoms with Crippen LogP contribution in [0, 0.1) is 5.82 Å². The average Bonchev–Trinajstić information content (AvgIpc) is 3.25. The highest BCUT2D eigenvalue weighted by atomic mass is 32.2. The van der Waals surface area contributed by atoms with E-state index < -0.39 is 80.9 Å². The van der Waals surface area contributed by atoms with E-state index in [-0.39, 0.29) is 23.9 Å². The van der Waals surface area contributed by atoms with Gasteiger partial charge in [-0.05, 0) is 96.8 Å². The van der Waals surface area contributed by atoms with Gasteiger partial charge in [0, 0.05) is 11.6 Å². The van der Waals surface area contributed by atoms with Crippen LogP contribution in [0.5, 0.6) is 0 Å². The molecule has 6 nitrogen and oxygen atoms in total. The topological polar surface area (TPSA) is 68.2 Å². The van der Waals surface area contributed by atoms with E-state index in [0.29, 0.717) is 17.7 Å². The van der Waals surface area contributed by atoms with Gasteiger partial charge in [0.2, 0.25) is 0 Å². The van der Waals surface area contributed by atoms with Gasteiger partial charge in [-0.25, -0.2) is 13.4 Å². The summed E-state index contributed by atoms with van der Waals surface area (Å²) in [6.07, 6.45) is -13.3. The summed E-state index contributed by atoms with van der Waals surface area (Å²) in [6.45, 7) is 12.7. The molecule has 1 aliphatic heterocycles. The second-order valence-corrected chi connectivity index (χ2v) is 14.8. The van der Waals surface area contributed by atoms with Gasteiger partial charge in [-0.2, -0.15) is 30.7 Å². The van der Waals surface area contributed by atoms with Crippen molar-refractivity contribution in [2.75, 3.05) is 6.54 Å². The summed E-state index contributed by atoms with van der Waals surface area (Å²) in [7, 11) is -1.76. The maximum atomic E-state index is 14.0. The Kier molecular flexibility index (Phi) is 10.5. The second-order valence-electron chi connectivity index (χ2n) is 12.9. The van der Waals surface area contributed by atoms with Gasteiger partial charge in [0.1, 0.15) is 22.4 Å². The van der Waals surface area contributed by atoms with E-state index in [9.17, 15) is 39.7 Å². The quantitative estimate of drug-likeness (QED) is 0.229. The maximum absolute atomic E-state index is 14.0. The van der Waals surface area contributed by atoms with Crippen molar-refractivity contribution in [2.45, 2.75) is 102 Å². The predicted molar refractivity (Wildman–Crippen MR) is 157 cm³/mol. The predicted octanol–water partition coefficient (Wildman–Crippen LogP) is 8.64. The van der Waals surface area contributed by atoms with Gasteiger partial charge in [-0.3, -0.25) is 4.90 Å². The first-order chi connectivity index (χ1) is 20.4. The van der Waals surface area contributed by atoms with Crippen LogP contribution in [0.4, 0.5) is 35.5 Å². The number of amides is 1. The Morgan fingerprint density at radius 1 is 0.933 bits per heavy atom. The van der Waals surface area contributed by atoms with E-state index in [1.54, 1.807) is 48.5 Å². The molecule has 250 valence electrons. The van der Waals surface area contributed by atoms with Gasteiger partial charge >= 0.3 is 18.4 Å². The average molecular weight is 667 g/mol. The van der Waals surface area contributed by atoms with Crippen LogP contribution in [0.15, 0.2) is 46.9 Å². The number of carbonyl (C=O) groups is 1. The number of benzene rings is 2. The lowest BCUT2D eigenvalue weighted by atomic mass is 9.87. The maximum Gasteiger partial charge on any atom is 0.416 e. The van der Waals surface area contributed by atoms with Gasteiger partial charge in [0.05, 0.1) is 40.7 Å². The Hall–Kier alpha value is -3.00. The van der Waals surface area contributed by atoms with Crippen molar-refractivity contribution >= 4 is 22.8 Å². The molecular formula is C31H37F7N2O4S. The number of halogens is 7. The summed E-state index contributed by atoms with van der Waals surface area (Å²) >= 11 is 0. The van der Waals surface area contributed by atoms with Crippen LogP contribution < -0.4 is 0 Å². The Morgan fingerprint density at radius 3 is 1.89 bits per heavy atom. The molecule has 45 heavy (non-hydrogen) atoms. The van der Waals surface area contributed by atoms with Gasteiger partial charge in [-0.1, -0.05) is 12.1 Å². The van der Waals surface area contributed by atoms with Crippen molar-refractivity contribution in [3.63, 3.8) is 0 Å². The Balaban J connectivity index is 2.17. The molecule has 2 aromatic rings. The molecule has 5 atom stereocenters. The zero-order chi connectivity index (χ0) is 34.3. The number of alkyl halides is 6. The largest absolute Gasteiger partial charge is 0.444 e. The van der Waals surface area contributed by atoms with Crippen LogP contribution >= 0.6 is 0 Å². The fourth-order valence-corrected chi connectivity index (χ4v) is 5.54. The lowest BCUT2D eigenvalue weighted by molar-refractivity contribution is -0.143. The molecular weight excluding hydrogens is 629 g/mol. The van der Waals surface area contributed by atoms with Crippen molar-refractivity contribution in [3.8, 4) is 0 Å². The molecule has 1 heterocycles. The molecule has 0 aromatic heterocycles. The zero-order valence-corrected chi connectivity index (χ0v) is 27.0. The van der Waals surface area contributed by atoms with Crippen molar-refractivity contribution in [3.05, 3.63) is 70.5 Å². The molecule has 0 bridgehead atoms. The first-order valence-corrected chi connectivity index (χ1v) is 15.2. The van der Waals surface area contributed by atoms with E-state index >= 15 is 0 Å². The van der Waals surface area contributed by atoms with Gasteiger partial charge in [-0.15, -0.1) is 0 Å². The molecule has 0 radical (unpaired) electrons. The van der Waals surface area contributed by atoms with Crippen LogP contribution in [0.25, 0.3) is 0 Å². The standard InChI is InChI=1S/C31H37F7N2O4S/c1-17(39-45(42)29(6,7)8)26-25(19-9-11-23(32)12-10-19)24(16-40(26)27(41)44-28(3,4)5)43-18(2)20-13-21(30(33,34)35)15-22(14-20)31(36,37)38/h9-15,18,24-26H,16H2,1-8H3/t18-,24+,25-,26+,45?/m1/s1. The number of hydrogen-bond donors (Lipinski definition) is 0. The Bertz CT molecular complexity index is 1400. The van der Waals surface area contributed by atoms with Gasteiger partial charge < -0.3 is 9.47 Å². The smallest absolute Gasteiger partial charge is 0.416 e. The number of likely N-dealkylation sites (tertiary alicyclic amines) is 1. The van der Waals surface area contributed by atoms with Crippen molar-refractivity contribution in [1.29, 1.82) is 0 Å². The van der Waals surface area contributed by atoms with Gasteiger partial charge in [0.15, 0.2) is 0 Å². The SMILES string of the molecule is CC(=NS(=O)C(C)(C)C)[C@H]1[C@H](c2ccc(F)cc2)[C@@H](O[C@H](C)c2cc(C(F)(F)F)cc(C(F)(F)F)c2)CN1C(=O)OC(C)(C)C. The second kappa shape index (κ2) is 13.0. The molecule has 0 aliphatic carbocycles. The number of hydrogen-bond acceptors (Lipinski definition) is 4. The number of nitrogens with zero attached hydrogens (tertiary/aromatic N) is 2. The zero-order valence-electron chi connectivity index (χ0n) is 26.1. The summed E-state index contributed by atoms with van der Waals surface area (Å²) in [4.78, 5) is 14.8. The van der Waals surface area contributed by atoms with Gasteiger partial charge in [0.25, 0.3) is 0 Å². The first kappa shape index (κ1) is 36.5. The summed E-state index contributed by atoms with van der Waals surface area (Å²) in [5.74, 6) is -1.42. The molecule has 0 saturated carbocycles. The third-order valence-corrected chi connectivity index (χ3v) is 8.47. The number of carbonyl (C=O) groups excluding carboxylic acids is 1. The van der Waals surface area contributed by atoms with E-state index in [1.807, 2.05) is 0 Å². The van der Waals surface area contributed by atoms with E-state index in [2.05, 4.69) is 4.40 Å². The fraction of sp³-hybridized carbons (Fsp3) is 0.548.